The molecule has 0 radical (unpaired) electrons. The summed E-state index contributed by atoms with van der Waals surface area (Å²) in [7, 11) is 1.53. The number of carbonyl (C=O) groups is 1. The van der Waals surface area contributed by atoms with Crippen LogP contribution in [-0.2, 0) is 4.74 Å². The minimum absolute atomic E-state index is 0.113. The molecule has 1 aromatic rings. The van der Waals surface area contributed by atoms with E-state index in [1.54, 1.807) is 12.1 Å². The van der Waals surface area contributed by atoms with Gasteiger partial charge in [-0.05, 0) is 12.1 Å². The second kappa shape index (κ2) is 4.51. The molecular formula is C9H11NO2. The summed E-state index contributed by atoms with van der Waals surface area (Å²) < 4.78 is 4.70. The quantitative estimate of drug-likeness (QED) is 0.679. The molecule has 1 N–H and O–H groups in total. The highest BCUT2D eigenvalue weighted by Gasteiger charge is 2.01. The van der Waals surface area contributed by atoms with Gasteiger partial charge in [-0.3, -0.25) is 4.79 Å². The maximum atomic E-state index is 11.2. The minimum atomic E-state index is -0.113. The number of nitrogens with one attached hydrogen (secondary N) is 1. The fourth-order valence-corrected chi connectivity index (χ4v) is 0.829. The molecule has 0 aromatic heterocycles. The normalized spacial score (nSPS) is 9.42. The Morgan fingerprint density at radius 2 is 2.08 bits per heavy atom. The monoisotopic (exact) mass is 165 g/mol. The van der Waals surface area contributed by atoms with Crippen molar-refractivity contribution in [1.29, 1.82) is 0 Å². The molecule has 0 aliphatic carbocycles. The second-order valence-corrected chi connectivity index (χ2v) is 2.30. The van der Waals surface area contributed by atoms with Crippen molar-refractivity contribution in [2.24, 2.45) is 0 Å². The van der Waals surface area contributed by atoms with E-state index >= 15 is 0 Å². The van der Waals surface area contributed by atoms with Crippen LogP contribution in [0.1, 0.15) is 10.4 Å². The van der Waals surface area contributed by atoms with Crippen LogP contribution in [0.2, 0.25) is 0 Å². The maximum absolute atomic E-state index is 11.2. The molecule has 0 atom stereocenters. The Kier molecular flexibility index (Phi) is 3.29. The first kappa shape index (κ1) is 8.74. The van der Waals surface area contributed by atoms with Crippen LogP contribution in [-0.4, -0.2) is 19.7 Å². The number of hydrogen-bond donors (Lipinski definition) is 1. The summed E-state index contributed by atoms with van der Waals surface area (Å²) in [5, 5.41) is 2.59. The van der Waals surface area contributed by atoms with Gasteiger partial charge in [0.25, 0.3) is 5.91 Å². The van der Waals surface area contributed by atoms with Crippen LogP contribution < -0.4 is 5.32 Å². The van der Waals surface area contributed by atoms with Crippen LogP contribution in [0.5, 0.6) is 0 Å². The van der Waals surface area contributed by atoms with Gasteiger partial charge in [-0.1, -0.05) is 18.2 Å². The Hall–Kier alpha value is -1.35. The molecule has 1 rings (SSSR count). The molecule has 1 amide bonds. The molecule has 3 nitrogen and oxygen atoms in total. The molecule has 3 heteroatoms. The van der Waals surface area contributed by atoms with Gasteiger partial charge in [0.2, 0.25) is 0 Å². The van der Waals surface area contributed by atoms with Gasteiger partial charge in [0.1, 0.15) is 6.73 Å². The topological polar surface area (TPSA) is 38.3 Å². The Balaban J connectivity index is 2.54. The van der Waals surface area contributed by atoms with Crippen LogP contribution in [0.4, 0.5) is 0 Å². The highest BCUT2D eigenvalue weighted by atomic mass is 16.5. The zero-order chi connectivity index (χ0) is 8.81. The molecule has 0 saturated heterocycles. The highest BCUT2D eigenvalue weighted by Crippen LogP contribution is 1.96. The van der Waals surface area contributed by atoms with E-state index in [2.05, 4.69) is 5.32 Å². The molecule has 12 heavy (non-hydrogen) atoms. The van der Waals surface area contributed by atoms with Crippen molar-refractivity contribution in [2.75, 3.05) is 13.8 Å². The first-order valence-electron chi connectivity index (χ1n) is 3.67. The van der Waals surface area contributed by atoms with E-state index in [-0.39, 0.29) is 12.6 Å². The lowest BCUT2D eigenvalue weighted by molar-refractivity contribution is 0.0872. The van der Waals surface area contributed by atoms with E-state index < -0.39 is 0 Å². The predicted octanol–water partition coefficient (Wildman–Crippen LogP) is 1.02. The lowest BCUT2D eigenvalue weighted by Crippen LogP contribution is -2.25. The largest absolute Gasteiger partial charge is 0.364 e. The van der Waals surface area contributed by atoms with E-state index in [9.17, 15) is 4.79 Å². The van der Waals surface area contributed by atoms with Crippen molar-refractivity contribution >= 4 is 5.91 Å². The number of ether oxygens (including phenoxy) is 1. The van der Waals surface area contributed by atoms with E-state index in [0.717, 1.165) is 0 Å². The molecule has 0 spiro atoms. The van der Waals surface area contributed by atoms with Crippen LogP contribution in [0, 0.1) is 0 Å². The van der Waals surface area contributed by atoms with Crippen molar-refractivity contribution in [1.82, 2.24) is 5.32 Å². The van der Waals surface area contributed by atoms with Gasteiger partial charge in [0.15, 0.2) is 0 Å². The number of carbonyl (C=O) groups excluding carboxylic acids is 1. The summed E-state index contributed by atoms with van der Waals surface area (Å²) >= 11 is 0. The Morgan fingerprint density at radius 3 is 2.67 bits per heavy atom. The average Bonchev–Trinajstić information content (AvgIpc) is 2.15. The van der Waals surface area contributed by atoms with E-state index in [4.69, 9.17) is 4.74 Å². The highest BCUT2D eigenvalue weighted by molar-refractivity contribution is 5.93. The van der Waals surface area contributed by atoms with E-state index in [1.807, 2.05) is 18.2 Å². The number of benzene rings is 1. The Bertz CT molecular complexity index is 246. The molecule has 0 aliphatic rings. The number of rotatable bonds is 3. The van der Waals surface area contributed by atoms with Gasteiger partial charge in [-0.25, -0.2) is 0 Å². The predicted molar refractivity (Wildman–Crippen MR) is 45.8 cm³/mol. The van der Waals surface area contributed by atoms with Crippen molar-refractivity contribution in [3.05, 3.63) is 35.9 Å². The summed E-state index contributed by atoms with van der Waals surface area (Å²) in [6, 6.07) is 9.02. The molecule has 64 valence electrons. The third-order valence-corrected chi connectivity index (χ3v) is 1.41. The van der Waals surface area contributed by atoms with E-state index in [0.29, 0.717) is 5.56 Å². The second-order valence-electron chi connectivity index (χ2n) is 2.30. The van der Waals surface area contributed by atoms with E-state index in [1.165, 1.54) is 7.11 Å². The number of methoxy groups -OCH3 is 1. The third-order valence-electron chi connectivity index (χ3n) is 1.41. The maximum Gasteiger partial charge on any atom is 0.253 e. The van der Waals surface area contributed by atoms with Crippen molar-refractivity contribution in [2.45, 2.75) is 0 Å². The fourth-order valence-electron chi connectivity index (χ4n) is 0.829. The summed E-state index contributed by atoms with van der Waals surface area (Å²) in [6.07, 6.45) is 0. The summed E-state index contributed by atoms with van der Waals surface area (Å²) in [4.78, 5) is 11.2. The molecule has 0 heterocycles. The van der Waals surface area contributed by atoms with Crippen LogP contribution >= 0.6 is 0 Å². The summed E-state index contributed by atoms with van der Waals surface area (Å²) in [6.45, 7) is 0.244. The molecule has 0 saturated carbocycles. The van der Waals surface area contributed by atoms with Crippen LogP contribution in [0.15, 0.2) is 30.3 Å². The third kappa shape index (κ3) is 2.36. The van der Waals surface area contributed by atoms with Gasteiger partial charge in [0.05, 0.1) is 0 Å². The number of hydrogen-bond acceptors (Lipinski definition) is 2. The molecular weight excluding hydrogens is 154 g/mol. The first-order valence-corrected chi connectivity index (χ1v) is 3.67. The van der Waals surface area contributed by atoms with Gasteiger partial charge in [-0.2, -0.15) is 0 Å². The van der Waals surface area contributed by atoms with Gasteiger partial charge in [-0.15, -0.1) is 0 Å². The number of amides is 1. The summed E-state index contributed by atoms with van der Waals surface area (Å²) in [5.74, 6) is -0.113. The zero-order valence-corrected chi connectivity index (χ0v) is 6.91. The Morgan fingerprint density at radius 1 is 1.42 bits per heavy atom. The zero-order valence-electron chi connectivity index (χ0n) is 6.91. The minimum Gasteiger partial charge on any atom is -0.364 e. The van der Waals surface area contributed by atoms with Crippen molar-refractivity contribution < 1.29 is 9.53 Å². The van der Waals surface area contributed by atoms with Gasteiger partial charge < -0.3 is 10.1 Å². The SMILES string of the molecule is COCNC(=O)c1ccccc1. The molecule has 0 aliphatic heterocycles. The summed E-state index contributed by atoms with van der Waals surface area (Å²) in [5.41, 5.74) is 0.648. The van der Waals surface area contributed by atoms with Crippen LogP contribution in [0.3, 0.4) is 0 Å². The molecule has 1 aromatic carbocycles. The Labute approximate surface area is 71.4 Å². The van der Waals surface area contributed by atoms with Crippen LogP contribution in [0.25, 0.3) is 0 Å². The molecule has 0 fully saturated rings. The smallest absolute Gasteiger partial charge is 0.253 e. The van der Waals surface area contributed by atoms with Gasteiger partial charge in [0, 0.05) is 12.7 Å². The molecule has 0 unspecified atom stereocenters. The van der Waals surface area contributed by atoms with Crippen molar-refractivity contribution in [3.63, 3.8) is 0 Å². The van der Waals surface area contributed by atoms with Gasteiger partial charge >= 0.3 is 0 Å². The standard InChI is InChI=1S/C9H11NO2/c1-12-7-10-9(11)8-5-3-2-4-6-8/h2-6H,7H2,1H3,(H,10,11). The first-order chi connectivity index (χ1) is 5.84. The van der Waals surface area contributed by atoms with Crippen molar-refractivity contribution in [3.8, 4) is 0 Å². The lowest BCUT2D eigenvalue weighted by Gasteiger charge is -2.02. The fraction of sp³-hybridized carbons (Fsp3) is 0.222. The lowest BCUT2D eigenvalue weighted by atomic mass is 10.2. The average molecular weight is 165 g/mol. The molecule has 0 bridgehead atoms.